The van der Waals surface area contributed by atoms with Crippen molar-refractivity contribution in [2.24, 2.45) is 0 Å². The standard InChI is InChI=1S/C65H123N2O7P/c1-7-10-13-16-19-22-25-27-29-31-32-33-34-36-38-40-43-46-49-52-55-58-65(69)74-63(56-53-50-47-44-41-24-21-18-15-12-9-3)62(61-73-75(70,71)72-60-59-67(4,5)6)66-64(68)57-54-51-48-45-42-39-37-35-30-28-26-23-20-17-14-11-8-2/h19,22,27,29,32-33,53,56,62-63H,7-18,20-21,23-26,28,30-31,34-52,54-55,57-61H2,1-6H3,(H-,66,68,70,71)/b22-19-,29-27-,33-32-,56-53+. The van der Waals surface area contributed by atoms with Crippen LogP contribution in [0, 0.1) is 0 Å². The Morgan fingerprint density at radius 3 is 1.24 bits per heavy atom. The summed E-state index contributed by atoms with van der Waals surface area (Å²) in [5.41, 5.74) is 0. The predicted molar refractivity (Wildman–Crippen MR) is 321 cm³/mol. The lowest BCUT2D eigenvalue weighted by Crippen LogP contribution is -2.47. The lowest BCUT2D eigenvalue weighted by Gasteiger charge is -2.30. The summed E-state index contributed by atoms with van der Waals surface area (Å²) in [5.74, 6) is -0.538. The summed E-state index contributed by atoms with van der Waals surface area (Å²) in [6, 6.07) is -0.888. The third kappa shape index (κ3) is 56.5. The van der Waals surface area contributed by atoms with Gasteiger partial charge in [-0.05, 0) is 70.3 Å². The number of phosphoric ester groups is 1. The molecule has 0 heterocycles. The maximum atomic E-state index is 13.5. The summed E-state index contributed by atoms with van der Waals surface area (Å²) in [4.78, 5) is 40.0. The van der Waals surface area contributed by atoms with E-state index in [4.69, 9.17) is 13.8 Å². The van der Waals surface area contributed by atoms with E-state index in [1.54, 1.807) is 0 Å². The van der Waals surface area contributed by atoms with Crippen molar-refractivity contribution in [2.45, 2.75) is 315 Å². The first-order valence-electron chi connectivity index (χ1n) is 31.9. The number of nitrogens with zero attached hydrogens (tertiary/aromatic N) is 1. The van der Waals surface area contributed by atoms with Gasteiger partial charge >= 0.3 is 5.97 Å². The first kappa shape index (κ1) is 73.0. The fraction of sp³-hybridized carbons (Fsp3) is 0.846. The van der Waals surface area contributed by atoms with Gasteiger partial charge in [-0.2, -0.15) is 0 Å². The van der Waals surface area contributed by atoms with Crippen molar-refractivity contribution in [1.29, 1.82) is 0 Å². The van der Waals surface area contributed by atoms with Gasteiger partial charge in [0, 0.05) is 12.8 Å². The molecular formula is C65H123N2O7P. The number of hydrogen-bond acceptors (Lipinski definition) is 7. The highest BCUT2D eigenvalue weighted by atomic mass is 31.2. The molecule has 1 amide bonds. The Morgan fingerprint density at radius 2 is 0.813 bits per heavy atom. The van der Waals surface area contributed by atoms with Crippen LogP contribution in [-0.2, 0) is 27.9 Å². The Labute approximate surface area is 465 Å². The van der Waals surface area contributed by atoms with E-state index in [9.17, 15) is 19.0 Å². The number of rotatable bonds is 58. The smallest absolute Gasteiger partial charge is 0.306 e. The van der Waals surface area contributed by atoms with E-state index >= 15 is 0 Å². The number of allylic oxidation sites excluding steroid dienone is 7. The number of carbonyl (C=O) groups is 2. The van der Waals surface area contributed by atoms with E-state index in [0.29, 0.717) is 17.4 Å². The molecule has 0 aromatic carbocycles. The van der Waals surface area contributed by atoms with Gasteiger partial charge in [-0.1, -0.05) is 269 Å². The van der Waals surface area contributed by atoms with Crippen molar-refractivity contribution in [1.82, 2.24) is 5.32 Å². The van der Waals surface area contributed by atoms with Crippen LogP contribution in [0.25, 0.3) is 0 Å². The van der Waals surface area contributed by atoms with Gasteiger partial charge in [0.15, 0.2) is 0 Å². The molecule has 0 aromatic rings. The maximum absolute atomic E-state index is 13.5. The molecule has 0 aliphatic heterocycles. The van der Waals surface area contributed by atoms with E-state index in [0.717, 1.165) is 83.5 Å². The molecule has 9 nitrogen and oxygen atoms in total. The molecule has 0 rings (SSSR count). The van der Waals surface area contributed by atoms with Gasteiger partial charge in [-0.3, -0.25) is 14.2 Å². The second kappa shape index (κ2) is 55.3. The largest absolute Gasteiger partial charge is 0.756 e. The van der Waals surface area contributed by atoms with Crippen LogP contribution in [-0.4, -0.2) is 69.4 Å². The Bertz CT molecular complexity index is 1420. The molecule has 0 radical (unpaired) electrons. The topological polar surface area (TPSA) is 114 Å². The third-order valence-corrected chi connectivity index (χ3v) is 15.2. The van der Waals surface area contributed by atoms with Gasteiger partial charge in [0.2, 0.25) is 5.91 Å². The van der Waals surface area contributed by atoms with Crippen molar-refractivity contribution in [3.63, 3.8) is 0 Å². The molecule has 1 N–H and O–H groups in total. The van der Waals surface area contributed by atoms with E-state index in [1.807, 2.05) is 33.3 Å². The normalized spacial score (nSPS) is 14.0. The molecule has 0 aliphatic carbocycles. The zero-order chi connectivity index (χ0) is 55.0. The van der Waals surface area contributed by atoms with Crippen LogP contribution < -0.4 is 10.2 Å². The quantitative estimate of drug-likeness (QED) is 0.0212. The fourth-order valence-electron chi connectivity index (χ4n) is 9.29. The molecular weight excluding hydrogens is 952 g/mol. The van der Waals surface area contributed by atoms with Crippen molar-refractivity contribution in [3.8, 4) is 0 Å². The molecule has 3 unspecified atom stereocenters. The van der Waals surface area contributed by atoms with Crippen LogP contribution in [0.4, 0.5) is 0 Å². The predicted octanol–water partition coefficient (Wildman–Crippen LogP) is 19.0. The van der Waals surface area contributed by atoms with Crippen LogP contribution in [0.15, 0.2) is 48.6 Å². The Kier molecular flexibility index (Phi) is 53.8. The highest BCUT2D eigenvalue weighted by Crippen LogP contribution is 2.38. The summed E-state index contributed by atoms with van der Waals surface area (Å²) in [6.45, 7) is 6.84. The molecule has 0 spiro atoms. The Morgan fingerprint density at radius 1 is 0.467 bits per heavy atom. The van der Waals surface area contributed by atoms with Crippen molar-refractivity contribution >= 4 is 19.7 Å². The van der Waals surface area contributed by atoms with Crippen molar-refractivity contribution < 1.29 is 37.3 Å². The molecule has 3 atom stereocenters. The average molecular weight is 1080 g/mol. The third-order valence-electron chi connectivity index (χ3n) is 14.3. The minimum Gasteiger partial charge on any atom is -0.756 e. The van der Waals surface area contributed by atoms with E-state index in [1.165, 1.54) is 186 Å². The first-order chi connectivity index (χ1) is 36.4. The Balaban J connectivity index is 5.17. The molecule has 0 fully saturated rings. The van der Waals surface area contributed by atoms with Gasteiger partial charge in [0.1, 0.15) is 19.3 Å². The summed E-state index contributed by atoms with van der Waals surface area (Å²) >= 11 is 0. The number of nitrogens with one attached hydrogen (secondary N) is 1. The highest BCUT2D eigenvalue weighted by Gasteiger charge is 2.27. The number of unbranched alkanes of at least 4 members (excludes halogenated alkanes) is 36. The molecule has 440 valence electrons. The summed E-state index contributed by atoms with van der Waals surface area (Å²) < 4.78 is 30.3. The second-order valence-corrected chi connectivity index (χ2v) is 24.3. The monoisotopic (exact) mass is 1070 g/mol. The number of ether oxygens (including phenoxy) is 1. The van der Waals surface area contributed by atoms with Crippen LogP contribution in [0.3, 0.4) is 0 Å². The van der Waals surface area contributed by atoms with Crippen LogP contribution in [0.5, 0.6) is 0 Å². The zero-order valence-corrected chi connectivity index (χ0v) is 51.2. The number of likely N-dealkylation sites (N-methyl/N-ethyl adjacent to an activating group) is 1. The number of amides is 1. The Hall–Kier alpha value is -2.03. The number of carbonyl (C=O) groups excluding carboxylic acids is 2. The van der Waals surface area contributed by atoms with Crippen LogP contribution >= 0.6 is 7.82 Å². The van der Waals surface area contributed by atoms with Gasteiger partial charge in [-0.15, -0.1) is 0 Å². The van der Waals surface area contributed by atoms with Crippen molar-refractivity contribution in [3.05, 3.63) is 48.6 Å². The summed E-state index contributed by atoms with van der Waals surface area (Å²) in [5, 5.41) is 3.03. The first-order valence-corrected chi connectivity index (χ1v) is 33.4. The molecule has 0 saturated heterocycles. The number of esters is 1. The fourth-order valence-corrected chi connectivity index (χ4v) is 10.0. The summed E-state index contributed by atoms with van der Waals surface area (Å²) in [7, 11) is 1.19. The van der Waals surface area contributed by atoms with Crippen molar-refractivity contribution in [2.75, 3.05) is 40.9 Å². The highest BCUT2D eigenvalue weighted by molar-refractivity contribution is 7.45. The molecule has 75 heavy (non-hydrogen) atoms. The zero-order valence-electron chi connectivity index (χ0n) is 50.3. The summed E-state index contributed by atoms with van der Waals surface area (Å²) in [6.07, 6.45) is 67.9. The minimum absolute atomic E-state index is 0.0223. The number of phosphoric acid groups is 1. The van der Waals surface area contributed by atoms with Gasteiger partial charge < -0.3 is 28.5 Å². The van der Waals surface area contributed by atoms with Crippen LogP contribution in [0.1, 0.15) is 303 Å². The molecule has 10 heteroatoms. The molecule has 0 saturated carbocycles. The van der Waals surface area contributed by atoms with Gasteiger partial charge in [0.25, 0.3) is 7.82 Å². The lowest BCUT2D eigenvalue weighted by molar-refractivity contribution is -0.870. The minimum atomic E-state index is -4.70. The van der Waals surface area contributed by atoms with Gasteiger partial charge in [-0.25, -0.2) is 0 Å². The SMILES string of the molecule is CCCCC/C=C\C/C=C\C/C=C\CCCCCCCCCCC(=O)OC(/C=C/CCCCCCCCCCC)C(COP(=O)([O-])OCC[N+](C)(C)C)NC(=O)CCCCCCCCCCCCCCCCCCC. The second-order valence-electron chi connectivity index (χ2n) is 22.9. The van der Waals surface area contributed by atoms with Crippen LogP contribution in [0.2, 0.25) is 0 Å². The van der Waals surface area contributed by atoms with Gasteiger partial charge in [0.05, 0.1) is 33.8 Å². The van der Waals surface area contributed by atoms with E-state index in [2.05, 4.69) is 62.5 Å². The van der Waals surface area contributed by atoms with E-state index < -0.39 is 20.0 Å². The number of hydrogen-bond donors (Lipinski definition) is 1. The average Bonchev–Trinajstić information content (AvgIpc) is 3.37. The molecule has 0 aromatic heterocycles. The molecule has 0 aliphatic rings. The van der Waals surface area contributed by atoms with E-state index in [-0.39, 0.29) is 31.5 Å². The molecule has 0 bridgehead atoms. The number of quaternary nitrogens is 1. The lowest BCUT2D eigenvalue weighted by atomic mass is 10.0. The maximum Gasteiger partial charge on any atom is 0.306 e.